The first-order valence-corrected chi connectivity index (χ1v) is 17.9. The van der Waals surface area contributed by atoms with Crippen molar-refractivity contribution >= 4 is 87.2 Å². The number of hydrogen-bond acceptors (Lipinski definition) is 3. The van der Waals surface area contributed by atoms with Crippen molar-refractivity contribution in [2.24, 2.45) is 0 Å². The van der Waals surface area contributed by atoms with Crippen LogP contribution in [0.2, 0.25) is 0 Å². The maximum Gasteiger partial charge on any atom is 0.235 e. The van der Waals surface area contributed by atoms with Crippen molar-refractivity contribution < 1.29 is 4.42 Å². The molecule has 12 aromatic rings. The summed E-state index contributed by atoms with van der Waals surface area (Å²) in [7, 11) is 0. The number of furan rings is 1. The van der Waals surface area contributed by atoms with E-state index >= 15 is 0 Å². The molecule has 0 aliphatic rings. The van der Waals surface area contributed by atoms with Crippen LogP contribution in [0.1, 0.15) is 0 Å². The van der Waals surface area contributed by atoms with Crippen molar-refractivity contribution in [1.29, 1.82) is 0 Å². The molecule has 0 radical (unpaired) electrons. The van der Waals surface area contributed by atoms with Gasteiger partial charge in [-0.15, -0.1) is 0 Å². The van der Waals surface area contributed by atoms with Crippen LogP contribution in [0.15, 0.2) is 174 Å². The Labute approximate surface area is 302 Å². The third-order valence-electron chi connectivity index (χ3n) is 10.9. The normalized spacial score (nSPS) is 12.2. The van der Waals surface area contributed by atoms with Crippen LogP contribution in [-0.4, -0.2) is 19.1 Å². The van der Waals surface area contributed by atoms with E-state index in [-0.39, 0.29) is 0 Å². The lowest BCUT2D eigenvalue weighted by molar-refractivity contribution is 0.669. The third kappa shape index (κ3) is 3.96. The van der Waals surface area contributed by atoms with E-state index in [0.717, 1.165) is 82.6 Å². The largest absolute Gasteiger partial charge is 0.456 e. The molecule has 0 fully saturated rings. The Kier molecular flexibility index (Phi) is 5.71. The standard InChI is InChI=1S/C48H28N4O/c1-2-13-30(14-3-1)44-37-17-6-9-19-39(37)49-48(50-44)52-45-35(26-27-42-43(45)38-18-8-11-21-41(38)53-42)36-25-24-34-33-16-7-10-20-40(33)51(46(34)47(36)52)32-23-22-29-12-4-5-15-31(29)28-32/h1-28H. The Morgan fingerprint density at radius 2 is 1.08 bits per heavy atom. The highest BCUT2D eigenvalue weighted by Gasteiger charge is 2.26. The molecule has 0 unspecified atom stereocenters. The number of para-hydroxylation sites is 3. The van der Waals surface area contributed by atoms with Crippen LogP contribution in [0, 0.1) is 0 Å². The van der Waals surface area contributed by atoms with Crippen LogP contribution in [-0.2, 0) is 0 Å². The van der Waals surface area contributed by atoms with E-state index in [9.17, 15) is 0 Å². The summed E-state index contributed by atoms with van der Waals surface area (Å²) in [5.74, 6) is 0.614. The fourth-order valence-electron chi connectivity index (χ4n) is 8.61. The Morgan fingerprint density at radius 3 is 1.96 bits per heavy atom. The van der Waals surface area contributed by atoms with Crippen LogP contribution >= 0.6 is 0 Å². The summed E-state index contributed by atoms with van der Waals surface area (Å²) in [5, 5.41) is 10.1. The monoisotopic (exact) mass is 676 g/mol. The number of hydrogen-bond donors (Lipinski definition) is 0. The molecule has 53 heavy (non-hydrogen) atoms. The van der Waals surface area contributed by atoms with E-state index in [4.69, 9.17) is 14.4 Å². The van der Waals surface area contributed by atoms with Crippen LogP contribution < -0.4 is 0 Å². The summed E-state index contributed by atoms with van der Waals surface area (Å²) >= 11 is 0. The van der Waals surface area contributed by atoms with Crippen molar-refractivity contribution in [3.63, 3.8) is 0 Å². The van der Waals surface area contributed by atoms with E-state index in [1.54, 1.807) is 0 Å². The summed E-state index contributed by atoms with van der Waals surface area (Å²) in [6.07, 6.45) is 0. The maximum atomic E-state index is 6.52. The van der Waals surface area contributed by atoms with Crippen LogP contribution in [0.25, 0.3) is 110 Å². The van der Waals surface area contributed by atoms with Gasteiger partial charge in [0.2, 0.25) is 5.95 Å². The Morgan fingerprint density at radius 1 is 0.415 bits per heavy atom. The lowest BCUT2D eigenvalue weighted by Crippen LogP contribution is -2.05. The van der Waals surface area contributed by atoms with Gasteiger partial charge in [0.05, 0.1) is 38.7 Å². The molecule has 0 amide bonds. The molecule has 0 bridgehead atoms. The Hall–Kier alpha value is -7.24. The first-order valence-electron chi connectivity index (χ1n) is 17.9. The average Bonchev–Trinajstić information content (AvgIpc) is 3.88. The molecule has 4 aromatic heterocycles. The van der Waals surface area contributed by atoms with Gasteiger partial charge in [0.25, 0.3) is 0 Å². The average molecular weight is 677 g/mol. The highest BCUT2D eigenvalue weighted by atomic mass is 16.3. The van der Waals surface area contributed by atoms with E-state index in [0.29, 0.717) is 5.95 Å². The van der Waals surface area contributed by atoms with Gasteiger partial charge in [0, 0.05) is 43.6 Å². The molecule has 5 heteroatoms. The molecule has 0 N–H and O–H groups in total. The molecular formula is C48H28N4O. The number of aromatic nitrogens is 4. The summed E-state index contributed by atoms with van der Waals surface area (Å²) in [5.41, 5.74) is 9.94. The summed E-state index contributed by atoms with van der Waals surface area (Å²) in [6.45, 7) is 0. The van der Waals surface area contributed by atoms with E-state index in [1.165, 1.54) is 21.5 Å². The summed E-state index contributed by atoms with van der Waals surface area (Å²) < 4.78 is 11.3. The predicted molar refractivity (Wildman–Crippen MR) is 218 cm³/mol. The van der Waals surface area contributed by atoms with Crippen molar-refractivity contribution in [2.75, 3.05) is 0 Å². The molecule has 0 atom stereocenters. The zero-order chi connectivity index (χ0) is 34.6. The van der Waals surface area contributed by atoms with Crippen molar-refractivity contribution in [3.8, 4) is 22.9 Å². The van der Waals surface area contributed by atoms with Gasteiger partial charge in [-0.3, -0.25) is 4.57 Å². The van der Waals surface area contributed by atoms with Crippen LogP contribution in [0.3, 0.4) is 0 Å². The van der Waals surface area contributed by atoms with E-state index in [1.807, 2.05) is 18.2 Å². The Balaban J connectivity index is 1.34. The van der Waals surface area contributed by atoms with E-state index in [2.05, 4.69) is 161 Å². The van der Waals surface area contributed by atoms with Gasteiger partial charge < -0.3 is 8.98 Å². The molecule has 8 aromatic carbocycles. The first kappa shape index (κ1) is 28.5. The summed E-state index contributed by atoms with van der Waals surface area (Å²) in [6, 6.07) is 60.0. The second kappa shape index (κ2) is 10.6. The highest BCUT2D eigenvalue weighted by molar-refractivity contribution is 6.29. The van der Waals surface area contributed by atoms with Gasteiger partial charge in [0.15, 0.2) is 0 Å². The van der Waals surface area contributed by atoms with Gasteiger partial charge in [-0.05, 0) is 53.2 Å². The molecular weight excluding hydrogens is 649 g/mol. The smallest absolute Gasteiger partial charge is 0.235 e. The fourth-order valence-corrected chi connectivity index (χ4v) is 8.61. The minimum absolute atomic E-state index is 0.614. The second-order valence-corrected chi connectivity index (χ2v) is 13.8. The quantitative estimate of drug-likeness (QED) is 0.187. The number of rotatable bonds is 3. The lowest BCUT2D eigenvalue weighted by Gasteiger charge is -2.14. The zero-order valence-electron chi connectivity index (χ0n) is 28.4. The predicted octanol–water partition coefficient (Wildman–Crippen LogP) is 12.5. The third-order valence-corrected chi connectivity index (χ3v) is 10.9. The van der Waals surface area contributed by atoms with Crippen molar-refractivity contribution in [1.82, 2.24) is 19.1 Å². The minimum Gasteiger partial charge on any atom is -0.456 e. The fraction of sp³-hybridized carbons (Fsp3) is 0. The topological polar surface area (TPSA) is 48.8 Å². The van der Waals surface area contributed by atoms with Crippen molar-refractivity contribution in [2.45, 2.75) is 0 Å². The van der Waals surface area contributed by atoms with Gasteiger partial charge >= 0.3 is 0 Å². The highest BCUT2D eigenvalue weighted by Crippen LogP contribution is 2.45. The molecule has 246 valence electrons. The minimum atomic E-state index is 0.614. The number of fused-ring (bicyclic) bond motifs is 13. The molecule has 0 aliphatic heterocycles. The number of nitrogens with zero attached hydrogens (tertiary/aromatic N) is 4. The lowest BCUT2D eigenvalue weighted by atomic mass is 10.1. The molecule has 0 saturated heterocycles. The molecule has 0 spiro atoms. The maximum absolute atomic E-state index is 6.52. The SMILES string of the molecule is c1ccc(-c2nc(-n3c4c(ccc5oc6ccccc6c54)c4ccc5c6ccccc6n(-c6ccc7ccccc7c6)c5c43)nc3ccccc23)cc1. The number of benzene rings is 8. The molecule has 12 rings (SSSR count). The van der Waals surface area contributed by atoms with Crippen LogP contribution in [0.4, 0.5) is 0 Å². The van der Waals surface area contributed by atoms with Gasteiger partial charge in [-0.25, -0.2) is 9.97 Å². The molecule has 4 heterocycles. The first-order chi connectivity index (χ1) is 26.3. The summed E-state index contributed by atoms with van der Waals surface area (Å²) in [4.78, 5) is 10.9. The van der Waals surface area contributed by atoms with Gasteiger partial charge in [-0.2, -0.15) is 0 Å². The zero-order valence-corrected chi connectivity index (χ0v) is 28.4. The van der Waals surface area contributed by atoms with Gasteiger partial charge in [0.1, 0.15) is 11.2 Å². The Bertz CT molecular complexity index is 3460. The van der Waals surface area contributed by atoms with Crippen LogP contribution in [0.5, 0.6) is 0 Å². The van der Waals surface area contributed by atoms with Crippen molar-refractivity contribution in [3.05, 3.63) is 170 Å². The molecule has 0 aliphatic carbocycles. The van der Waals surface area contributed by atoms with Gasteiger partial charge in [-0.1, -0.05) is 127 Å². The van der Waals surface area contributed by atoms with E-state index < -0.39 is 0 Å². The molecule has 0 saturated carbocycles. The second-order valence-electron chi connectivity index (χ2n) is 13.8. The molecule has 5 nitrogen and oxygen atoms in total.